The highest BCUT2D eigenvalue weighted by Crippen LogP contribution is 2.12. The van der Waals surface area contributed by atoms with Crippen LogP contribution >= 0.6 is 11.6 Å². The number of nitrogens with one attached hydrogen (secondary N) is 1. The fraction of sp³-hybridized carbons (Fsp3) is 0.167. The van der Waals surface area contributed by atoms with E-state index in [2.05, 4.69) is 10.3 Å². The highest BCUT2D eigenvalue weighted by Gasteiger charge is 2.09. The SMILES string of the molecule is O=C(NCCc1ccccn1)c1ccc(Cl)o1. The van der Waals surface area contributed by atoms with Crippen molar-refractivity contribution in [1.82, 2.24) is 10.3 Å². The Bertz CT molecular complexity index is 496. The van der Waals surface area contributed by atoms with E-state index in [0.29, 0.717) is 13.0 Å². The quantitative estimate of drug-likeness (QED) is 0.906. The normalized spacial score (nSPS) is 10.2. The molecule has 2 heterocycles. The molecule has 0 saturated heterocycles. The van der Waals surface area contributed by atoms with Crippen LogP contribution in [0.15, 0.2) is 40.9 Å². The molecule has 0 radical (unpaired) electrons. The Morgan fingerprint density at radius 3 is 2.88 bits per heavy atom. The van der Waals surface area contributed by atoms with Crippen LogP contribution in [0.1, 0.15) is 16.2 Å². The standard InChI is InChI=1S/C12H11ClN2O2/c13-11-5-4-10(17-11)12(16)15-8-6-9-3-1-2-7-14-9/h1-5,7H,6,8H2,(H,15,16). The number of halogens is 1. The van der Waals surface area contributed by atoms with Crippen LogP contribution in [-0.4, -0.2) is 17.4 Å². The zero-order chi connectivity index (χ0) is 12.1. The third-order valence-electron chi connectivity index (χ3n) is 2.19. The van der Waals surface area contributed by atoms with Gasteiger partial charge in [0.15, 0.2) is 11.0 Å². The lowest BCUT2D eigenvalue weighted by Gasteiger charge is -2.02. The van der Waals surface area contributed by atoms with Gasteiger partial charge in [-0.1, -0.05) is 6.07 Å². The summed E-state index contributed by atoms with van der Waals surface area (Å²) in [5.41, 5.74) is 0.935. The first kappa shape index (κ1) is 11.7. The first-order chi connectivity index (χ1) is 8.25. The fourth-order valence-electron chi connectivity index (χ4n) is 1.37. The summed E-state index contributed by atoms with van der Waals surface area (Å²) in [4.78, 5) is 15.7. The molecule has 0 aromatic carbocycles. The van der Waals surface area contributed by atoms with Crippen molar-refractivity contribution in [2.45, 2.75) is 6.42 Å². The molecule has 5 heteroatoms. The molecule has 0 aliphatic rings. The van der Waals surface area contributed by atoms with Crippen LogP contribution in [-0.2, 0) is 6.42 Å². The van der Waals surface area contributed by atoms with Gasteiger partial charge in [-0.05, 0) is 35.9 Å². The van der Waals surface area contributed by atoms with Crippen LogP contribution < -0.4 is 5.32 Å². The molecule has 0 aliphatic carbocycles. The van der Waals surface area contributed by atoms with Crippen molar-refractivity contribution in [3.63, 3.8) is 0 Å². The average Bonchev–Trinajstić information content (AvgIpc) is 2.77. The third kappa shape index (κ3) is 3.32. The highest BCUT2D eigenvalue weighted by atomic mass is 35.5. The number of carbonyl (C=O) groups excluding carboxylic acids is 1. The Labute approximate surface area is 104 Å². The van der Waals surface area contributed by atoms with E-state index in [4.69, 9.17) is 16.0 Å². The first-order valence-corrected chi connectivity index (χ1v) is 5.57. The molecule has 0 unspecified atom stereocenters. The van der Waals surface area contributed by atoms with Gasteiger partial charge < -0.3 is 9.73 Å². The van der Waals surface area contributed by atoms with E-state index >= 15 is 0 Å². The number of rotatable bonds is 4. The third-order valence-corrected chi connectivity index (χ3v) is 2.39. The summed E-state index contributed by atoms with van der Waals surface area (Å²) in [5.74, 6) is -0.0520. The van der Waals surface area contributed by atoms with Crippen molar-refractivity contribution in [1.29, 1.82) is 0 Å². The molecule has 0 spiro atoms. The summed E-state index contributed by atoms with van der Waals surface area (Å²) < 4.78 is 4.99. The molecule has 0 bridgehead atoms. The molecule has 2 aromatic rings. The molecule has 2 rings (SSSR count). The topological polar surface area (TPSA) is 55.1 Å². The Morgan fingerprint density at radius 2 is 2.24 bits per heavy atom. The molecule has 1 amide bonds. The molecule has 0 fully saturated rings. The van der Waals surface area contributed by atoms with Crippen molar-refractivity contribution >= 4 is 17.5 Å². The van der Waals surface area contributed by atoms with Crippen LogP contribution in [0.5, 0.6) is 0 Å². The second-order valence-electron chi connectivity index (χ2n) is 3.43. The summed E-state index contributed by atoms with van der Waals surface area (Å²) in [6, 6.07) is 8.76. The summed E-state index contributed by atoms with van der Waals surface area (Å²) in [5, 5.41) is 2.94. The van der Waals surface area contributed by atoms with E-state index in [0.717, 1.165) is 5.69 Å². The van der Waals surface area contributed by atoms with Crippen molar-refractivity contribution in [2.24, 2.45) is 0 Å². The Balaban J connectivity index is 1.81. The predicted octanol–water partition coefficient (Wildman–Crippen LogP) is 2.30. The van der Waals surface area contributed by atoms with Crippen LogP contribution in [0, 0.1) is 0 Å². The van der Waals surface area contributed by atoms with Crippen molar-refractivity contribution in [2.75, 3.05) is 6.54 Å². The Kier molecular flexibility index (Phi) is 3.77. The lowest BCUT2D eigenvalue weighted by Crippen LogP contribution is -2.25. The number of hydrogen-bond acceptors (Lipinski definition) is 3. The zero-order valence-corrected chi connectivity index (χ0v) is 9.78. The second-order valence-corrected chi connectivity index (χ2v) is 3.80. The van der Waals surface area contributed by atoms with Gasteiger partial charge in [0.05, 0.1) is 0 Å². The summed E-state index contributed by atoms with van der Waals surface area (Å²) in [6.45, 7) is 0.508. The number of furan rings is 1. The average molecular weight is 251 g/mol. The maximum absolute atomic E-state index is 11.6. The van der Waals surface area contributed by atoms with Gasteiger partial charge in [-0.2, -0.15) is 0 Å². The minimum absolute atomic E-state index is 0.208. The van der Waals surface area contributed by atoms with E-state index in [-0.39, 0.29) is 16.9 Å². The van der Waals surface area contributed by atoms with Crippen LogP contribution in [0.2, 0.25) is 5.22 Å². The summed E-state index contributed by atoms with van der Waals surface area (Å²) in [6.07, 6.45) is 2.41. The number of aromatic nitrogens is 1. The predicted molar refractivity (Wildman–Crippen MR) is 64.0 cm³/mol. The van der Waals surface area contributed by atoms with Crippen LogP contribution in [0.25, 0.3) is 0 Å². The van der Waals surface area contributed by atoms with Gasteiger partial charge in [0, 0.05) is 24.9 Å². The van der Waals surface area contributed by atoms with Crippen molar-refractivity contribution < 1.29 is 9.21 Å². The molecular weight excluding hydrogens is 240 g/mol. The number of nitrogens with zero attached hydrogens (tertiary/aromatic N) is 1. The van der Waals surface area contributed by atoms with E-state index in [1.165, 1.54) is 6.07 Å². The monoisotopic (exact) mass is 250 g/mol. The zero-order valence-electron chi connectivity index (χ0n) is 9.02. The lowest BCUT2D eigenvalue weighted by molar-refractivity contribution is 0.0926. The molecule has 0 saturated carbocycles. The van der Waals surface area contributed by atoms with Crippen molar-refractivity contribution in [3.8, 4) is 0 Å². The molecular formula is C12H11ClN2O2. The first-order valence-electron chi connectivity index (χ1n) is 5.19. The fourth-order valence-corrected chi connectivity index (χ4v) is 1.52. The van der Waals surface area contributed by atoms with Gasteiger partial charge >= 0.3 is 0 Å². The summed E-state index contributed by atoms with van der Waals surface area (Å²) in [7, 11) is 0. The van der Waals surface area contributed by atoms with E-state index < -0.39 is 0 Å². The van der Waals surface area contributed by atoms with Crippen molar-refractivity contribution in [3.05, 3.63) is 53.2 Å². The minimum atomic E-state index is -0.271. The highest BCUT2D eigenvalue weighted by molar-refractivity contribution is 6.29. The molecule has 88 valence electrons. The van der Waals surface area contributed by atoms with Crippen LogP contribution in [0.3, 0.4) is 0 Å². The van der Waals surface area contributed by atoms with Gasteiger partial charge in [0.25, 0.3) is 5.91 Å². The summed E-state index contributed by atoms with van der Waals surface area (Å²) >= 11 is 5.58. The van der Waals surface area contributed by atoms with Gasteiger partial charge in [-0.25, -0.2) is 0 Å². The Morgan fingerprint density at radius 1 is 1.35 bits per heavy atom. The Hall–Kier alpha value is -1.81. The maximum Gasteiger partial charge on any atom is 0.287 e. The van der Waals surface area contributed by atoms with E-state index in [1.54, 1.807) is 12.3 Å². The number of amides is 1. The number of carbonyl (C=O) groups is 1. The number of pyridine rings is 1. The largest absolute Gasteiger partial charge is 0.440 e. The molecule has 2 aromatic heterocycles. The van der Waals surface area contributed by atoms with Crippen LogP contribution in [0.4, 0.5) is 0 Å². The van der Waals surface area contributed by atoms with Gasteiger partial charge in [-0.3, -0.25) is 9.78 Å². The second kappa shape index (κ2) is 5.50. The smallest absolute Gasteiger partial charge is 0.287 e. The number of hydrogen-bond donors (Lipinski definition) is 1. The molecule has 0 atom stereocenters. The van der Waals surface area contributed by atoms with E-state index in [9.17, 15) is 4.79 Å². The minimum Gasteiger partial charge on any atom is -0.440 e. The van der Waals surface area contributed by atoms with Gasteiger partial charge in [0.2, 0.25) is 0 Å². The lowest BCUT2D eigenvalue weighted by atomic mass is 10.2. The molecule has 1 N–H and O–H groups in total. The van der Waals surface area contributed by atoms with Gasteiger partial charge in [0.1, 0.15) is 0 Å². The molecule has 0 aliphatic heterocycles. The van der Waals surface area contributed by atoms with E-state index in [1.807, 2.05) is 18.2 Å². The molecule has 17 heavy (non-hydrogen) atoms. The van der Waals surface area contributed by atoms with Gasteiger partial charge in [-0.15, -0.1) is 0 Å². The molecule has 4 nitrogen and oxygen atoms in total. The maximum atomic E-state index is 11.6.